The van der Waals surface area contributed by atoms with Crippen LogP contribution in [0.5, 0.6) is 0 Å². The quantitative estimate of drug-likeness (QED) is 0.0617. The maximum Gasteiger partial charge on any atom is 0.0558 e. The van der Waals surface area contributed by atoms with E-state index in [1.807, 2.05) is 0 Å². The van der Waals surface area contributed by atoms with Crippen LogP contribution in [0.3, 0.4) is 0 Å². The van der Waals surface area contributed by atoms with Gasteiger partial charge in [0.05, 0.1) is 6.61 Å². The van der Waals surface area contributed by atoms with E-state index < -0.39 is 0 Å². The SMILES string of the molecule is CCCCCCCCCCCCCCCCCCN(CCO)CCN(CCCCCCCCCCCCCCCCCC)CCCCCCCCCCCCCCCCCC. The Balaban J connectivity index is 4.25. The van der Waals surface area contributed by atoms with E-state index in [2.05, 4.69) is 30.6 Å². The summed E-state index contributed by atoms with van der Waals surface area (Å²) in [5.74, 6) is 0. The highest BCUT2D eigenvalue weighted by Gasteiger charge is 2.10. The van der Waals surface area contributed by atoms with E-state index >= 15 is 0 Å². The fraction of sp³-hybridized carbons (Fsp3) is 1.00. The smallest absolute Gasteiger partial charge is 0.0558 e. The number of hydrogen-bond donors (Lipinski definition) is 1. The number of nitrogens with zero attached hydrogens (tertiary/aromatic N) is 2. The summed E-state index contributed by atoms with van der Waals surface area (Å²) in [6.45, 7) is 14.2. The lowest BCUT2D eigenvalue weighted by atomic mass is 10.0. The van der Waals surface area contributed by atoms with Crippen molar-refractivity contribution in [3.05, 3.63) is 0 Å². The van der Waals surface area contributed by atoms with Crippen molar-refractivity contribution in [2.24, 2.45) is 0 Å². The predicted octanol–water partition coefficient (Wildman–Crippen LogP) is 19.4. The molecule has 0 atom stereocenters. The van der Waals surface area contributed by atoms with Crippen LogP contribution in [0, 0.1) is 0 Å². The molecule has 0 saturated carbocycles. The summed E-state index contributed by atoms with van der Waals surface area (Å²) in [6, 6.07) is 0. The zero-order valence-corrected chi connectivity index (χ0v) is 43.2. The van der Waals surface area contributed by atoms with Crippen molar-refractivity contribution in [3.63, 3.8) is 0 Å². The Hall–Kier alpha value is -0.120. The minimum absolute atomic E-state index is 0.303. The Kier molecular flexibility index (Phi) is 55.9. The molecule has 3 heteroatoms. The first kappa shape index (κ1) is 60.9. The molecule has 0 saturated heterocycles. The second-order valence-electron chi connectivity index (χ2n) is 20.3. The number of hydrogen-bond acceptors (Lipinski definition) is 3. The molecule has 0 aromatic carbocycles. The molecule has 0 radical (unpaired) electrons. The van der Waals surface area contributed by atoms with E-state index in [1.165, 1.54) is 334 Å². The molecule has 0 heterocycles. The first-order valence-electron chi connectivity index (χ1n) is 29.3. The molecule has 368 valence electrons. The minimum Gasteiger partial charge on any atom is -0.395 e. The van der Waals surface area contributed by atoms with Crippen LogP contribution in [0.1, 0.15) is 329 Å². The van der Waals surface area contributed by atoms with Gasteiger partial charge in [-0.1, -0.05) is 310 Å². The molecule has 0 unspecified atom stereocenters. The maximum absolute atomic E-state index is 9.90. The molecule has 0 aromatic heterocycles. The van der Waals surface area contributed by atoms with Crippen LogP contribution in [-0.2, 0) is 0 Å². The summed E-state index contributed by atoms with van der Waals surface area (Å²) in [6.07, 6.45) is 69.1. The molecule has 0 bridgehead atoms. The minimum atomic E-state index is 0.303. The molecular formula is C58H120N2O. The molecular weight excluding hydrogens is 741 g/mol. The Bertz CT molecular complexity index is 708. The molecule has 1 N–H and O–H groups in total. The topological polar surface area (TPSA) is 26.7 Å². The Morgan fingerprint density at radius 1 is 0.180 bits per heavy atom. The third-order valence-corrected chi connectivity index (χ3v) is 14.1. The van der Waals surface area contributed by atoms with Crippen LogP contribution < -0.4 is 0 Å². The standard InChI is InChI=1S/C58H120N2O/c1-4-7-10-13-16-19-22-25-28-31-34-37-40-43-46-49-52-59(53-50-47-44-41-38-35-32-29-26-23-20-17-14-11-8-5-2)55-56-60(57-58-61)54-51-48-45-42-39-36-33-30-27-24-21-18-15-12-9-6-3/h61H,4-58H2,1-3H3. The third kappa shape index (κ3) is 52.4. The van der Waals surface area contributed by atoms with Crippen molar-refractivity contribution >= 4 is 0 Å². The fourth-order valence-corrected chi connectivity index (χ4v) is 9.75. The third-order valence-electron chi connectivity index (χ3n) is 14.1. The zero-order valence-electron chi connectivity index (χ0n) is 43.2. The summed E-state index contributed by atoms with van der Waals surface area (Å²) in [7, 11) is 0. The number of rotatable bonds is 56. The number of aliphatic hydroxyl groups is 1. The van der Waals surface area contributed by atoms with Gasteiger partial charge in [0.25, 0.3) is 0 Å². The van der Waals surface area contributed by atoms with Crippen molar-refractivity contribution in [1.29, 1.82) is 0 Å². The Labute approximate surface area is 388 Å². The number of aliphatic hydroxyl groups excluding tert-OH is 1. The van der Waals surface area contributed by atoms with E-state index in [1.54, 1.807) is 0 Å². The van der Waals surface area contributed by atoms with Crippen LogP contribution in [0.15, 0.2) is 0 Å². The predicted molar refractivity (Wildman–Crippen MR) is 279 cm³/mol. The van der Waals surface area contributed by atoms with Gasteiger partial charge in [-0.05, 0) is 38.9 Å². The lowest BCUT2D eigenvalue weighted by molar-refractivity contribution is 0.163. The second kappa shape index (κ2) is 56.0. The van der Waals surface area contributed by atoms with Crippen molar-refractivity contribution in [1.82, 2.24) is 9.80 Å². The molecule has 61 heavy (non-hydrogen) atoms. The van der Waals surface area contributed by atoms with Crippen molar-refractivity contribution in [2.75, 3.05) is 45.9 Å². The van der Waals surface area contributed by atoms with Gasteiger partial charge in [0, 0.05) is 19.6 Å². The van der Waals surface area contributed by atoms with E-state index in [0.717, 1.165) is 13.1 Å². The van der Waals surface area contributed by atoms with Gasteiger partial charge in [0.2, 0.25) is 0 Å². The highest BCUT2D eigenvalue weighted by molar-refractivity contribution is 4.66. The van der Waals surface area contributed by atoms with E-state index in [4.69, 9.17) is 0 Å². The van der Waals surface area contributed by atoms with Gasteiger partial charge in [-0.15, -0.1) is 0 Å². The summed E-state index contributed by atoms with van der Waals surface area (Å²) in [5.41, 5.74) is 0. The van der Waals surface area contributed by atoms with E-state index in [-0.39, 0.29) is 0 Å². The van der Waals surface area contributed by atoms with Gasteiger partial charge in [-0.25, -0.2) is 0 Å². The van der Waals surface area contributed by atoms with Gasteiger partial charge >= 0.3 is 0 Å². The highest BCUT2D eigenvalue weighted by atomic mass is 16.3. The lowest BCUT2D eigenvalue weighted by Crippen LogP contribution is -2.38. The van der Waals surface area contributed by atoms with Gasteiger partial charge in [0.15, 0.2) is 0 Å². The highest BCUT2D eigenvalue weighted by Crippen LogP contribution is 2.17. The summed E-state index contributed by atoms with van der Waals surface area (Å²) >= 11 is 0. The number of unbranched alkanes of at least 4 members (excludes halogenated alkanes) is 45. The fourth-order valence-electron chi connectivity index (χ4n) is 9.75. The van der Waals surface area contributed by atoms with E-state index in [0.29, 0.717) is 6.61 Å². The maximum atomic E-state index is 9.90. The second-order valence-corrected chi connectivity index (χ2v) is 20.3. The van der Waals surface area contributed by atoms with Crippen molar-refractivity contribution in [3.8, 4) is 0 Å². The van der Waals surface area contributed by atoms with Crippen LogP contribution in [0.25, 0.3) is 0 Å². The van der Waals surface area contributed by atoms with Gasteiger partial charge < -0.3 is 10.0 Å². The monoisotopic (exact) mass is 861 g/mol. The zero-order chi connectivity index (χ0) is 44.0. The normalized spacial score (nSPS) is 11.9. The first-order chi connectivity index (χ1) is 30.3. The summed E-state index contributed by atoms with van der Waals surface area (Å²) < 4.78 is 0. The molecule has 0 spiro atoms. The molecule has 0 rings (SSSR count). The molecule has 0 amide bonds. The molecule has 0 aliphatic heterocycles. The lowest BCUT2D eigenvalue weighted by Gasteiger charge is -2.27. The molecule has 0 aliphatic carbocycles. The summed E-state index contributed by atoms with van der Waals surface area (Å²) in [4.78, 5) is 5.39. The molecule has 0 aliphatic rings. The van der Waals surface area contributed by atoms with Crippen LogP contribution in [0.2, 0.25) is 0 Å². The van der Waals surface area contributed by atoms with Crippen LogP contribution >= 0.6 is 0 Å². The molecule has 0 fully saturated rings. The first-order valence-corrected chi connectivity index (χ1v) is 29.3. The Morgan fingerprint density at radius 3 is 0.492 bits per heavy atom. The average molecular weight is 862 g/mol. The van der Waals surface area contributed by atoms with E-state index in [9.17, 15) is 5.11 Å². The molecule has 0 aromatic rings. The largest absolute Gasteiger partial charge is 0.395 e. The van der Waals surface area contributed by atoms with Gasteiger partial charge in [-0.2, -0.15) is 0 Å². The van der Waals surface area contributed by atoms with Gasteiger partial charge in [0.1, 0.15) is 0 Å². The van der Waals surface area contributed by atoms with Crippen LogP contribution in [-0.4, -0.2) is 60.8 Å². The van der Waals surface area contributed by atoms with Crippen molar-refractivity contribution < 1.29 is 5.11 Å². The van der Waals surface area contributed by atoms with Gasteiger partial charge in [-0.3, -0.25) is 4.90 Å². The average Bonchev–Trinajstić information content (AvgIpc) is 3.27. The molecule has 3 nitrogen and oxygen atoms in total. The van der Waals surface area contributed by atoms with Crippen molar-refractivity contribution in [2.45, 2.75) is 329 Å². The summed E-state index contributed by atoms with van der Waals surface area (Å²) in [5, 5.41) is 9.90. The Morgan fingerprint density at radius 2 is 0.328 bits per heavy atom. The van der Waals surface area contributed by atoms with Crippen LogP contribution in [0.4, 0.5) is 0 Å².